The van der Waals surface area contributed by atoms with Crippen LogP contribution in [-0.2, 0) is 4.65 Å². The molecule has 0 aromatic carbocycles. The molecule has 0 heterocycles. The highest BCUT2D eigenvalue weighted by molar-refractivity contribution is 6.28. The molecule has 0 aromatic heterocycles. The molecule has 0 atom stereocenters. The average Bonchev–Trinajstić information content (AvgIpc) is 1.66. The Morgan fingerprint density at radius 2 is 2.38 bits per heavy atom. The predicted octanol–water partition coefficient (Wildman–Crippen LogP) is -0.571. The van der Waals surface area contributed by atoms with Crippen molar-refractivity contribution in [1.29, 1.82) is 0 Å². The molecule has 0 amide bonds. The minimum Gasteiger partial charge on any atom is -0.428 e. The van der Waals surface area contributed by atoms with E-state index < -0.39 is 0 Å². The van der Waals surface area contributed by atoms with Gasteiger partial charge in [0.05, 0.1) is 6.73 Å². The van der Waals surface area contributed by atoms with Crippen LogP contribution in [-0.4, -0.2) is 14.2 Å². The summed E-state index contributed by atoms with van der Waals surface area (Å²) in [5, 5.41) is 0. The zero-order valence-electron chi connectivity index (χ0n) is 4.76. The van der Waals surface area contributed by atoms with E-state index in [1.165, 1.54) is 7.48 Å². The van der Waals surface area contributed by atoms with E-state index in [2.05, 4.69) is 11.2 Å². The lowest BCUT2D eigenvalue weighted by Crippen LogP contribution is -2.10. The Morgan fingerprint density at radius 3 is 2.75 bits per heavy atom. The number of nitrogens with two attached hydrogens (primary N) is 2. The second-order valence-corrected chi connectivity index (χ2v) is 1.36. The maximum absolute atomic E-state index is 5.19. The second kappa shape index (κ2) is 4.68. The molecular weight excluding hydrogens is 103 g/mol. The highest BCUT2D eigenvalue weighted by Gasteiger charge is 1.89. The van der Waals surface area contributed by atoms with Gasteiger partial charge in [-0.05, 0) is 12.0 Å². The summed E-state index contributed by atoms with van der Waals surface area (Å²) in [6.07, 6.45) is 0.567. The molecule has 1 radical (unpaired) electrons. The topological polar surface area (TPSA) is 61.3 Å². The Labute approximate surface area is 50.0 Å². The van der Waals surface area contributed by atoms with Crippen molar-refractivity contribution >= 4 is 7.48 Å². The van der Waals surface area contributed by atoms with E-state index in [4.69, 9.17) is 11.5 Å². The van der Waals surface area contributed by atoms with Crippen LogP contribution in [0.5, 0.6) is 0 Å². The van der Waals surface area contributed by atoms with Crippen LogP contribution in [0.4, 0.5) is 0 Å². The second-order valence-electron chi connectivity index (χ2n) is 1.36. The lowest BCUT2D eigenvalue weighted by molar-refractivity contribution is 0.350. The molecule has 0 saturated carbocycles. The van der Waals surface area contributed by atoms with Gasteiger partial charge in [0.2, 0.25) is 0 Å². The van der Waals surface area contributed by atoms with Crippen LogP contribution in [0, 0.1) is 0 Å². The largest absolute Gasteiger partial charge is 0.428 e. The van der Waals surface area contributed by atoms with Gasteiger partial charge in [0, 0.05) is 0 Å². The van der Waals surface area contributed by atoms with E-state index in [0.29, 0.717) is 12.0 Å². The zero-order chi connectivity index (χ0) is 6.41. The zero-order valence-corrected chi connectivity index (χ0v) is 4.76. The summed E-state index contributed by atoms with van der Waals surface area (Å²) in [4.78, 5) is 0. The third-order valence-electron chi connectivity index (χ3n) is 0.560. The molecule has 0 saturated heterocycles. The van der Waals surface area contributed by atoms with Crippen molar-refractivity contribution in [2.24, 2.45) is 11.5 Å². The van der Waals surface area contributed by atoms with Crippen molar-refractivity contribution in [2.45, 2.75) is 6.32 Å². The summed E-state index contributed by atoms with van der Waals surface area (Å²) < 4.78 is 4.66. The Balaban J connectivity index is 2.82. The van der Waals surface area contributed by atoms with Gasteiger partial charge in [-0.2, -0.15) is 0 Å². The van der Waals surface area contributed by atoms with E-state index in [0.717, 1.165) is 0 Å². The molecule has 0 spiro atoms. The van der Waals surface area contributed by atoms with Gasteiger partial charge in [-0.1, -0.05) is 6.58 Å². The van der Waals surface area contributed by atoms with Gasteiger partial charge in [0.25, 0.3) is 7.48 Å². The SMILES string of the molecule is C=C(N)C[B]OCN. The van der Waals surface area contributed by atoms with Crippen molar-refractivity contribution in [1.82, 2.24) is 0 Å². The van der Waals surface area contributed by atoms with E-state index >= 15 is 0 Å². The Hall–Kier alpha value is -0.475. The monoisotopic (exact) mass is 113 g/mol. The van der Waals surface area contributed by atoms with E-state index in [1.54, 1.807) is 0 Å². The predicted molar refractivity (Wildman–Crippen MR) is 34.0 cm³/mol. The molecule has 0 aliphatic rings. The number of hydrogen-bond donors (Lipinski definition) is 2. The smallest absolute Gasteiger partial charge is 0.300 e. The highest BCUT2D eigenvalue weighted by atomic mass is 16.4. The Morgan fingerprint density at radius 1 is 1.75 bits per heavy atom. The Kier molecular flexibility index (Phi) is 4.40. The van der Waals surface area contributed by atoms with Crippen molar-refractivity contribution < 1.29 is 4.65 Å². The first-order chi connectivity index (χ1) is 3.77. The minimum absolute atomic E-state index is 0.202. The normalized spacial score (nSPS) is 8.62. The Bertz CT molecular complexity index is 76.4. The molecule has 8 heavy (non-hydrogen) atoms. The molecule has 45 valence electrons. The summed E-state index contributed by atoms with van der Waals surface area (Å²) in [5.41, 5.74) is 10.8. The van der Waals surface area contributed by atoms with Crippen molar-refractivity contribution in [3.63, 3.8) is 0 Å². The molecule has 0 fully saturated rings. The van der Waals surface area contributed by atoms with Crippen molar-refractivity contribution in [2.75, 3.05) is 6.73 Å². The molecule has 0 aliphatic carbocycles. The standard InChI is InChI=1S/C4H10BN2O/c1-4(7)2-5-8-3-6/h1-3,6-7H2. The van der Waals surface area contributed by atoms with E-state index in [9.17, 15) is 0 Å². The first kappa shape index (κ1) is 7.52. The maximum Gasteiger partial charge on any atom is 0.300 e. The fourth-order valence-electron chi connectivity index (χ4n) is 0.234. The summed E-state index contributed by atoms with van der Waals surface area (Å²) in [7, 11) is 1.53. The summed E-state index contributed by atoms with van der Waals surface area (Å²) in [5.74, 6) is 0. The number of allylic oxidation sites excluding steroid dienone is 1. The van der Waals surface area contributed by atoms with Crippen LogP contribution in [0.3, 0.4) is 0 Å². The minimum atomic E-state index is 0.202. The van der Waals surface area contributed by atoms with Gasteiger partial charge in [-0.3, -0.25) is 0 Å². The molecule has 0 rings (SSSR count). The lowest BCUT2D eigenvalue weighted by atomic mass is 9.94. The first-order valence-electron chi connectivity index (χ1n) is 2.34. The van der Waals surface area contributed by atoms with Gasteiger partial charge in [0.1, 0.15) is 0 Å². The van der Waals surface area contributed by atoms with Crippen molar-refractivity contribution in [3.8, 4) is 0 Å². The molecule has 0 aromatic rings. The van der Waals surface area contributed by atoms with Gasteiger partial charge in [-0.15, -0.1) is 0 Å². The highest BCUT2D eigenvalue weighted by Crippen LogP contribution is 1.85. The fraction of sp³-hybridized carbons (Fsp3) is 0.500. The number of hydrogen-bond acceptors (Lipinski definition) is 3. The first-order valence-corrected chi connectivity index (χ1v) is 2.34. The van der Waals surface area contributed by atoms with Crippen LogP contribution in [0.15, 0.2) is 12.3 Å². The molecule has 4 heteroatoms. The molecule has 0 unspecified atom stereocenters. The molecule has 4 N–H and O–H groups in total. The molecule has 3 nitrogen and oxygen atoms in total. The van der Waals surface area contributed by atoms with Gasteiger partial charge in [-0.25, -0.2) is 0 Å². The molecular formula is C4H10BN2O. The van der Waals surface area contributed by atoms with Crippen LogP contribution in [0.2, 0.25) is 6.32 Å². The summed E-state index contributed by atoms with van der Waals surface area (Å²) in [6.45, 7) is 3.65. The molecule has 0 bridgehead atoms. The van der Waals surface area contributed by atoms with Crippen LogP contribution >= 0.6 is 0 Å². The third kappa shape index (κ3) is 5.52. The van der Waals surface area contributed by atoms with Crippen LogP contribution in [0.1, 0.15) is 0 Å². The lowest BCUT2D eigenvalue weighted by Gasteiger charge is -1.95. The van der Waals surface area contributed by atoms with E-state index in [-0.39, 0.29) is 6.73 Å². The van der Waals surface area contributed by atoms with Crippen LogP contribution < -0.4 is 11.5 Å². The van der Waals surface area contributed by atoms with Crippen LogP contribution in [0.25, 0.3) is 0 Å². The summed E-state index contributed by atoms with van der Waals surface area (Å²) >= 11 is 0. The van der Waals surface area contributed by atoms with Crippen molar-refractivity contribution in [3.05, 3.63) is 12.3 Å². The van der Waals surface area contributed by atoms with Gasteiger partial charge < -0.3 is 16.1 Å². The van der Waals surface area contributed by atoms with Gasteiger partial charge >= 0.3 is 0 Å². The fourth-order valence-corrected chi connectivity index (χ4v) is 0.234. The molecule has 0 aliphatic heterocycles. The third-order valence-corrected chi connectivity index (χ3v) is 0.560. The van der Waals surface area contributed by atoms with Gasteiger partial charge in [0.15, 0.2) is 0 Å². The van der Waals surface area contributed by atoms with E-state index in [1.807, 2.05) is 0 Å². The maximum atomic E-state index is 5.19. The number of rotatable bonds is 4. The summed E-state index contributed by atoms with van der Waals surface area (Å²) in [6, 6.07) is 0. The quantitative estimate of drug-likeness (QED) is 0.291. The average molecular weight is 113 g/mol.